The molecule has 0 saturated carbocycles. The molecule has 0 aliphatic carbocycles. The Balaban J connectivity index is 2.30. The number of hydrogen-bond acceptors (Lipinski definition) is 2. The van der Waals surface area contributed by atoms with E-state index in [0.29, 0.717) is 24.3 Å². The zero-order chi connectivity index (χ0) is 14.5. The molecule has 2 nitrogen and oxygen atoms in total. The predicted molar refractivity (Wildman–Crippen MR) is 74.2 cm³/mol. The highest BCUT2D eigenvalue weighted by Gasteiger charge is 2.12. The van der Waals surface area contributed by atoms with E-state index >= 15 is 0 Å². The Kier molecular flexibility index (Phi) is 4.31. The topological polar surface area (TPSA) is 27.0 Å². The SMILES string of the molecule is CCN(Cc1cccc(C#N)c1F)c1cccc(F)c1. The molecule has 102 valence electrons. The van der Waals surface area contributed by atoms with Crippen LogP contribution in [0, 0.1) is 23.0 Å². The summed E-state index contributed by atoms with van der Waals surface area (Å²) in [4.78, 5) is 1.85. The minimum absolute atomic E-state index is 0.0257. The Morgan fingerprint density at radius 1 is 1.15 bits per heavy atom. The number of anilines is 1. The highest BCUT2D eigenvalue weighted by Crippen LogP contribution is 2.20. The quantitative estimate of drug-likeness (QED) is 0.845. The predicted octanol–water partition coefficient (Wildman–Crippen LogP) is 3.86. The molecule has 0 heterocycles. The molecule has 0 unspecified atom stereocenters. The summed E-state index contributed by atoms with van der Waals surface area (Å²) in [7, 11) is 0. The van der Waals surface area contributed by atoms with Crippen molar-refractivity contribution in [3.05, 3.63) is 65.2 Å². The van der Waals surface area contributed by atoms with E-state index in [0.717, 1.165) is 0 Å². The van der Waals surface area contributed by atoms with Gasteiger partial charge in [-0.3, -0.25) is 0 Å². The van der Waals surface area contributed by atoms with Crippen molar-refractivity contribution in [1.29, 1.82) is 5.26 Å². The van der Waals surface area contributed by atoms with Crippen LogP contribution in [-0.2, 0) is 6.54 Å². The lowest BCUT2D eigenvalue weighted by Gasteiger charge is -2.23. The van der Waals surface area contributed by atoms with Crippen LogP contribution < -0.4 is 4.90 Å². The van der Waals surface area contributed by atoms with Crippen LogP contribution in [-0.4, -0.2) is 6.54 Å². The smallest absolute Gasteiger partial charge is 0.145 e. The number of halogens is 2. The summed E-state index contributed by atoms with van der Waals surface area (Å²) >= 11 is 0. The van der Waals surface area contributed by atoms with Gasteiger partial charge in [-0.25, -0.2) is 8.78 Å². The summed E-state index contributed by atoms with van der Waals surface area (Å²) < 4.78 is 27.3. The van der Waals surface area contributed by atoms with Crippen molar-refractivity contribution in [3.63, 3.8) is 0 Å². The van der Waals surface area contributed by atoms with Gasteiger partial charge in [-0.05, 0) is 31.2 Å². The summed E-state index contributed by atoms with van der Waals surface area (Å²) in [5, 5.41) is 8.83. The van der Waals surface area contributed by atoms with E-state index in [1.165, 1.54) is 18.2 Å². The van der Waals surface area contributed by atoms with Crippen molar-refractivity contribution in [2.45, 2.75) is 13.5 Å². The van der Waals surface area contributed by atoms with Crippen LogP contribution in [0.3, 0.4) is 0 Å². The van der Waals surface area contributed by atoms with Crippen molar-refractivity contribution < 1.29 is 8.78 Å². The average molecular weight is 272 g/mol. The van der Waals surface area contributed by atoms with E-state index in [4.69, 9.17) is 5.26 Å². The van der Waals surface area contributed by atoms with E-state index in [-0.39, 0.29) is 11.4 Å². The Morgan fingerprint density at radius 3 is 2.55 bits per heavy atom. The molecule has 0 atom stereocenters. The first-order chi connectivity index (χ1) is 9.65. The molecular formula is C16H14F2N2. The fraction of sp³-hybridized carbons (Fsp3) is 0.188. The van der Waals surface area contributed by atoms with Gasteiger partial charge in [0, 0.05) is 24.3 Å². The largest absolute Gasteiger partial charge is 0.367 e. The Morgan fingerprint density at radius 2 is 1.90 bits per heavy atom. The van der Waals surface area contributed by atoms with Gasteiger partial charge in [-0.1, -0.05) is 18.2 Å². The standard InChI is InChI=1S/C16H14F2N2/c1-2-20(15-8-4-7-14(17)9-15)11-13-6-3-5-12(10-19)16(13)18/h3-9H,2,11H2,1H3. The molecular weight excluding hydrogens is 258 g/mol. The monoisotopic (exact) mass is 272 g/mol. The number of hydrogen-bond donors (Lipinski definition) is 0. The maximum atomic E-state index is 14.0. The van der Waals surface area contributed by atoms with Gasteiger partial charge in [0.25, 0.3) is 0 Å². The van der Waals surface area contributed by atoms with Crippen LogP contribution in [0.5, 0.6) is 0 Å². The summed E-state index contributed by atoms with van der Waals surface area (Å²) in [6, 6.07) is 12.7. The lowest BCUT2D eigenvalue weighted by atomic mass is 10.1. The van der Waals surface area contributed by atoms with E-state index < -0.39 is 5.82 Å². The summed E-state index contributed by atoms with van der Waals surface area (Å²) in [5.74, 6) is -0.836. The number of nitrogens with zero attached hydrogens (tertiary/aromatic N) is 2. The first-order valence-corrected chi connectivity index (χ1v) is 6.33. The average Bonchev–Trinajstić information content (AvgIpc) is 2.46. The molecule has 20 heavy (non-hydrogen) atoms. The molecule has 2 rings (SSSR count). The summed E-state index contributed by atoms with van der Waals surface area (Å²) in [6.07, 6.45) is 0. The van der Waals surface area contributed by atoms with Crippen LogP contribution in [0.25, 0.3) is 0 Å². The van der Waals surface area contributed by atoms with Gasteiger partial charge in [-0.15, -0.1) is 0 Å². The third kappa shape index (κ3) is 2.94. The van der Waals surface area contributed by atoms with Gasteiger partial charge in [0.2, 0.25) is 0 Å². The number of benzene rings is 2. The zero-order valence-electron chi connectivity index (χ0n) is 11.1. The second-order valence-electron chi connectivity index (χ2n) is 4.38. The molecule has 0 amide bonds. The fourth-order valence-electron chi connectivity index (χ4n) is 2.05. The highest BCUT2D eigenvalue weighted by atomic mass is 19.1. The highest BCUT2D eigenvalue weighted by molar-refractivity contribution is 5.47. The maximum Gasteiger partial charge on any atom is 0.145 e. The van der Waals surface area contributed by atoms with E-state index in [1.807, 2.05) is 17.9 Å². The maximum absolute atomic E-state index is 14.0. The molecule has 0 radical (unpaired) electrons. The molecule has 4 heteroatoms. The number of rotatable bonds is 4. The van der Waals surface area contributed by atoms with Crippen molar-refractivity contribution in [1.82, 2.24) is 0 Å². The molecule has 2 aromatic carbocycles. The second kappa shape index (κ2) is 6.16. The van der Waals surface area contributed by atoms with Crippen LogP contribution in [0.2, 0.25) is 0 Å². The van der Waals surface area contributed by atoms with Crippen molar-refractivity contribution >= 4 is 5.69 Å². The number of nitriles is 1. The van der Waals surface area contributed by atoms with E-state index in [2.05, 4.69) is 0 Å². The second-order valence-corrected chi connectivity index (χ2v) is 4.38. The Labute approximate surface area is 116 Å². The van der Waals surface area contributed by atoms with Crippen LogP contribution in [0.4, 0.5) is 14.5 Å². The van der Waals surface area contributed by atoms with Gasteiger partial charge in [0.05, 0.1) is 5.56 Å². The fourth-order valence-corrected chi connectivity index (χ4v) is 2.05. The lowest BCUT2D eigenvalue weighted by Crippen LogP contribution is -2.22. The van der Waals surface area contributed by atoms with E-state index in [1.54, 1.807) is 24.3 Å². The van der Waals surface area contributed by atoms with Gasteiger partial charge in [0.15, 0.2) is 0 Å². The molecule has 0 fully saturated rings. The van der Waals surface area contributed by atoms with Gasteiger partial charge >= 0.3 is 0 Å². The zero-order valence-corrected chi connectivity index (χ0v) is 11.1. The molecule has 0 aliphatic heterocycles. The molecule has 0 spiro atoms. The van der Waals surface area contributed by atoms with E-state index in [9.17, 15) is 8.78 Å². The van der Waals surface area contributed by atoms with Crippen LogP contribution in [0.1, 0.15) is 18.1 Å². The normalized spacial score (nSPS) is 10.1. The third-order valence-electron chi connectivity index (χ3n) is 3.12. The molecule has 0 N–H and O–H groups in total. The van der Waals surface area contributed by atoms with Crippen molar-refractivity contribution in [3.8, 4) is 6.07 Å². The Bertz CT molecular complexity index is 647. The van der Waals surface area contributed by atoms with Gasteiger partial charge < -0.3 is 4.90 Å². The minimum Gasteiger partial charge on any atom is -0.367 e. The van der Waals surface area contributed by atoms with Gasteiger partial charge in [0.1, 0.15) is 17.7 Å². The molecule has 0 bridgehead atoms. The molecule has 0 aliphatic rings. The summed E-state index contributed by atoms with van der Waals surface area (Å²) in [6.45, 7) is 2.82. The minimum atomic E-state index is -0.509. The van der Waals surface area contributed by atoms with Crippen molar-refractivity contribution in [2.75, 3.05) is 11.4 Å². The molecule has 0 aromatic heterocycles. The summed E-state index contributed by atoms with van der Waals surface area (Å²) in [5.41, 5.74) is 1.14. The molecule has 2 aromatic rings. The lowest BCUT2D eigenvalue weighted by molar-refractivity contribution is 0.600. The van der Waals surface area contributed by atoms with Crippen molar-refractivity contribution in [2.24, 2.45) is 0 Å². The first kappa shape index (κ1) is 14.0. The molecule has 0 saturated heterocycles. The Hall–Kier alpha value is -2.41. The van der Waals surface area contributed by atoms with Gasteiger partial charge in [-0.2, -0.15) is 5.26 Å². The van der Waals surface area contributed by atoms with Crippen LogP contribution >= 0.6 is 0 Å². The van der Waals surface area contributed by atoms with Crippen LogP contribution in [0.15, 0.2) is 42.5 Å². The third-order valence-corrected chi connectivity index (χ3v) is 3.12. The first-order valence-electron chi connectivity index (χ1n) is 6.33.